The normalized spacial score (nSPS) is 11.0. The fourth-order valence-electron chi connectivity index (χ4n) is 2.23. The Balaban J connectivity index is 1.67. The first-order chi connectivity index (χ1) is 9.33. The number of aryl methyl sites for hydroxylation is 1. The molecule has 0 amide bonds. The van der Waals surface area contributed by atoms with Gasteiger partial charge in [-0.1, -0.05) is 36.4 Å². The summed E-state index contributed by atoms with van der Waals surface area (Å²) in [6, 6.07) is 15.0. The van der Waals surface area contributed by atoms with Gasteiger partial charge in [-0.15, -0.1) is 0 Å². The van der Waals surface area contributed by atoms with Crippen molar-refractivity contribution < 1.29 is 0 Å². The highest BCUT2D eigenvalue weighted by Gasteiger charge is 1.99. The Bertz CT molecular complexity index is 685. The summed E-state index contributed by atoms with van der Waals surface area (Å²) in [7, 11) is 2.01. The Morgan fingerprint density at radius 1 is 1.05 bits per heavy atom. The monoisotopic (exact) mass is 251 g/mol. The van der Waals surface area contributed by atoms with Crippen molar-refractivity contribution in [2.75, 3.05) is 0 Å². The predicted molar refractivity (Wildman–Crippen MR) is 77.7 cm³/mol. The second-order valence-electron chi connectivity index (χ2n) is 4.74. The molecule has 3 rings (SSSR count). The lowest BCUT2D eigenvalue weighted by Gasteiger charge is -2.06. The number of nitrogens with one attached hydrogen (secondary N) is 1. The molecule has 0 saturated carbocycles. The highest BCUT2D eigenvalue weighted by molar-refractivity contribution is 5.82. The van der Waals surface area contributed by atoms with Crippen LogP contribution in [0.25, 0.3) is 10.8 Å². The van der Waals surface area contributed by atoms with Gasteiger partial charge in [-0.3, -0.25) is 0 Å². The average Bonchev–Trinajstić information content (AvgIpc) is 2.84. The SMILES string of the molecule is Cn1ccnc1CNCc1ccc2ccccc2c1. The Morgan fingerprint density at radius 3 is 2.68 bits per heavy atom. The van der Waals surface area contributed by atoms with Crippen LogP contribution in [-0.2, 0) is 20.1 Å². The standard InChI is InChI=1S/C16H17N3/c1-19-9-8-18-16(19)12-17-11-13-6-7-14-4-2-3-5-15(14)10-13/h2-10,17H,11-12H2,1H3. The van der Waals surface area contributed by atoms with E-state index in [1.54, 1.807) is 0 Å². The highest BCUT2D eigenvalue weighted by Crippen LogP contribution is 2.15. The van der Waals surface area contributed by atoms with Crippen molar-refractivity contribution >= 4 is 10.8 Å². The van der Waals surface area contributed by atoms with Crippen LogP contribution in [0.15, 0.2) is 54.9 Å². The predicted octanol–water partition coefficient (Wildman–Crippen LogP) is 2.86. The molecule has 0 unspecified atom stereocenters. The first kappa shape index (κ1) is 11.9. The summed E-state index contributed by atoms with van der Waals surface area (Å²) < 4.78 is 2.04. The van der Waals surface area contributed by atoms with Gasteiger partial charge in [-0.05, 0) is 22.4 Å². The van der Waals surface area contributed by atoms with Gasteiger partial charge in [0.25, 0.3) is 0 Å². The molecule has 19 heavy (non-hydrogen) atoms. The van der Waals surface area contributed by atoms with Crippen LogP contribution >= 0.6 is 0 Å². The molecule has 0 saturated heterocycles. The van der Waals surface area contributed by atoms with Gasteiger partial charge in [0, 0.05) is 26.0 Å². The second kappa shape index (κ2) is 5.24. The van der Waals surface area contributed by atoms with Crippen LogP contribution in [0, 0.1) is 0 Å². The summed E-state index contributed by atoms with van der Waals surface area (Å²) in [6.07, 6.45) is 3.79. The van der Waals surface area contributed by atoms with E-state index in [0.717, 1.165) is 18.9 Å². The summed E-state index contributed by atoms with van der Waals surface area (Å²) in [4.78, 5) is 4.30. The molecule has 1 heterocycles. The second-order valence-corrected chi connectivity index (χ2v) is 4.74. The van der Waals surface area contributed by atoms with Gasteiger partial charge in [0.15, 0.2) is 0 Å². The molecule has 0 radical (unpaired) electrons. The molecule has 0 bridgehead atoms. The van der Waals surface area contributed by atoms with E-state index in [1.807, 2.05) is 24.0 Å². The van der Waals surface area contributed by atoms with Crippen LogP contribution in [0.3, 0.4) is 0 Å². The number of hydrogen-bond donors (Lipinski definition) is 1. The van der Waals surface area contributed by atoms with Crippen LogP contribution in [0.1, 0.15) is 11.4 Å². The molecule has 3 nitrogen and oxygen atoms in total. The van der Waals surface area contributed by atoms with Crippen LogP contribution in [-0.4, -0.2) is 9.55 Å². The summed E-state index contributed by atoms with van der Waals surface area (Å²) in [5.74, 6) is 1.06. The van der Waals surface area contributed by atoms with Gasteiger partial charge in [0.1, 0.15) is 5.82 Å². The fraction of sp³-hybridized carbons (Fsp3) is 0.188. The zero-order chi connectivity index (χ0) is 13.1. The zero-order valence-corrected chi connectivity index (χ0v) is 11.0. The van der Waals surface area contributed by atoms with Crippen LogP contribution < -0.4 is 5.32 Å². The minimum atomic E-state index is 0.788. The lowest BCUT2D eigenvalue weighted by atomic mass is 10.1. The Labute approximate surface area is 112 Å². The number of nitrogens with zero attached hydrogens (tertiary/aromatic N) is 2. The van der Waals surface area contributed by atoms with Crippen molar-refractivity contribution in [2.45, 2.75) is 13.1 Å². The smallest absolute Gasteiger partial charge is 0.122 e. The van der Waals surface area contributed by atoms with Gasteiger partial charge in [0.05, 0.1) is 6.54 Å². The van der Waals surface area contributed by atoms with Crippen molar-refractivity contribution in [3.05, 3.63) is 66.2 Å². The van der Waals surface area contributed by atoms with E-state index in [4.69, 9.17) is 0 Å². The van der Waals surface area contributed by atoms with E-state index in [9.17, 15) is 0 Å². The van der Waals surface area contributed by atoms with Crippen molar-refractivity contribution in [3.63, 3.8) is 0 Å². The van der Waals surface area contributed by atoms with E-state index in [1.165, 1.54) is 16.3 Å². The number of rotatable bonds is 4. The Hall–Kier alpha value is -2.13. The molecule has 0 spiro atoms. The van der Waals surface area contributed by atoms with Crippen molar-refractivity contribution in [3.8, 4) is 0 Å². The minimum Gasteiger partial charge on any atom is -0.337 e. The van der Waals surface area contributed by atoms with E-state index in [-0.39, 0.29) is 0 Å². The Kier molecular flexibility index (Phi) is 3.29. The van der Waals surface area contributed by atoms with Crippen LogP contribution in [0.4, 0.5) is 0 Å². The largest absolute Gasteiger partial charge is 0.337 e. The first-order valence-electron chi connectivity index (χ1n) is 6.47. The summed E-state index contributed by atoms with van der Waals surface area (Å²) >= 11 is 0. The molecular weight excluding hydrogens is 234 g/mol. The molecule has 0 aliphatic rings. The topological polar surface area (TPSA) is 29.9 Å². The molecule has 96 valence electrons. The van der Waals surface area contributed by atoms with Gasteiger partial charge >= 0.3 is 0 Å². The number of aromatic nitrogens is 2. The molecule has 3 aromatic rings. The number of fused-ring (bicyclic) bond motifs is 1. The highest BCUT2D eigenvalue weighted by atomic mass is 15.1. The molecular formula is C16H17N3. The molecule has 0 atom stereocenters. The van der Waals surface area contributed by atoms with Gasteiger partial charge in [-0.25, -0.2) is 4.98 Å². The number of benzene rings is 2. The fourth-order valence-corrected chi connectivity index (χ4v) is 2.23. The van der Waals surface area contributed by atoms with E-state index in [2.05, 4.69) is 52.8 Å². The summed E-state index contributed by atoms with van der Waals surface area (Å²) in [5.41, 5.74) is 1.30. The summed E-state index contributed by atoms with van der Waals surface area (Å²) in [5, 5.41) is 6.00. The van der Waals surface area contributed by atoms with E-state index >= 15 is 0 Å². The maximum Gasteiger partial charge on any atom is 0.122 e. The minimum absolute atomic E-state index is 0.788. The van der Waals surface area contributed by atoms with Crippen molar-refractivity contribution in [2.24, 2.45) is 7.05 Å². The molecule has 0 fully saturated rings. The lowest BCUT2D eigenvalue weighted by molar-refractivity contribution is 0.639. The maximum atomic E-state index is 4.30. The molecule has 3 heteroatoms. The molecule has 0 aliphatic carbocycles. The molecule has 2 aromatic carbocycles. The maximum absolute atomic E-state index is 4.30. The summed E-state index contributed by atoms with van der Waals surface area (Å²) in [6.45, 7) is 1.65. The van der Waals surface area contributed by atoms with E-state index in [0.29, 0.717) is 0 Å². The van der Waals surface area contributed by atoms with E-state index < -0.39 is 0 Å². The van der Waals surface area contributed by atoms with Gasteiger partial charge < -0.3 is 9.88 Å². The molecule has 1 N–H and O–H groups in total. The number of hydrogen-bond acceptors (Lipinski definition) is 2. The van der Waals surface area contributed by atoms with Crippen molar-refractivity contribution in [1.29, 1.82) is 0 Å². The molecule has 1 aromatic heterocycles. The lowest BCUT2D eigenvalue weighted by Crippen LogP contribution is -2.15. The quantitative estimate of drug-likeness (QED) is 0.772. The van der Waals surface area contributed by atoms with Crippen LogP contribution in [0.5, 0.6) is 0 Å². The third-order valence-corrected chi connectivity index (χ3v) is 3.35. The van der Waals surface area contributed by atoms with Gasteiger partial charge in [-0.2, -0.15) is 0 Å². The third kappa shape index (κ3) is 2.66. The zero-order valence-electron chi connectivity index (χ0n) is 11.0. The first-order valence-corrected chi connectivity index (χ1v) is 6.47. The average molecular weight is 251 g/mol. The number of imidazole rings is 1. The van der Waals surface area contributed by atoms with Gasteiger partial charge in [0.2, 0.25) is 0 Å². The van der Waals surface area contributed by atoms with Crippen molar-refractivity contribution in [1.82, 2.24) is 14.9 Å². The third-order valence-electron chi connectivity index (χ3n) is 3.35. The van der Waals surface area contributed by atoms with Crippen LogP contribution in [0.2, 0.25) is 0 Å². The molecule has 0 aliphatic heterocycles. The Morgan fingerprint density at radius 2 is 1.89 bits per heavy atom.